The van der Waals surface area contributed by atoms with E-state index in [1.54, 1.807) is 25.1 Å². The van der Waals surface area contributed by atoms with Gasteiger partial charge in [-0.05, 0) is 33.5 Å². The van der Waals surface area contributed by atoms with Gasteiger partial charge in [0, 0.05) is 18.2 Å². The number of aromatic nitrogens is 2. The molecule has 2 aromatic rings. The Morgan fingerprint density at radius 3 is 2.24 bits per heavy atom. The van der Waals surface area contributed by atoms with Crippen LogP contribution in [0.5, 0.6) is 11.5 Å². The van der Waals surface area contributed by atoms with Crippen LogP contribution in [0.4, 0.5) is 5.82 Å². The Labute approximate surface area is 133 Å². The second-order valence-corrected chi connectivity index (χ2v) is 5.91. The lowest BCUT2D eigenvalue weighted by Crippen LogP contribution is -2.02. The van der Waals surface area contributed by atoms with E-state index in [9.17, 15) is 0 Å². The highest BCUT2D eigenvalue weighted by atomic mass is 79.9. The van der Waals surface area contributed by atoms with E-state index < -0.39 is 0 Å². The number of nitrogen functional groups attached to an aromatic ring is 1. The van der Waals surface area contributed by atoms with Gasteiger partial charge in [-0.3, -0.25) is 4.68 Å². The number of rotatable bonds is 4. The van der Waals surface area contributed by atoms with Gasteiger partial charge in [-0.25, -0.2) is 0 Å². The van der Waals surface area contributed by atoms with Crippen LogP contribution in [0.25, 0.3) is 11.1 Å². The summed E-state index contributed by atoms with van der Waals surface area (Å²) in [6.45, 7) is 4.24. The fourth-order valence-electron chi connectivity index (χ4n) is 2.33. The molecule has 0 spiro atoms. The first-order valence-corrected chi connectivity index (χ1v) is 7.43. The Balaban J connectivity index is 2.79. The fourth-order valence-corrected chi connectivity index (χ4v) is 3.09. The highest BCUT2D eigenvalue weighted by Gasteiger charge is 2.22. The Bertz CT molecular complexity index is 665. The Hall–Kier alpha value is -1.69. The van der Waals surface area contributed by atoms with Crippen LogP contribution in [0.15, 0.2) is 16.7 Å². The monoisotopic (exact) mass is 353 g/mol. The minimum atomic E-state index is 0.304. The van der Waals surface area contributed by atoms with E-state index in [0.717, 1.165) is 26.9 Å². The number of nitrogens with two attached hydrogens (primary N) is 1. The molecular formula is C15H20BrN3O2. The molecular weight excluding hydrogens is 334 g/mol. The molecule has 114 valence electrons. The van der Waals surface area contributed by atoms with E-state index in [1.165, 1.54) is 0 Å². The van der Waals surface area contributed by atoms with Crippen molar-refractivity contribution in [1.82, 2.24) is 9.78 Å². The molecule has 0 fully saturated rings. The quantitative estimate of drug-likeness (QED) is 0.912. The van der Waals surface area contributed by atoms with E-state index in [-0.39, 0.29) is 0 Å². The molecule has 21 heavy (non-hydrogen) atoms. The van der Waals surface area contributed by atoms with Crippen molar-refractivity contribution < 1.29 is 9.47 Å². The molecule has 1 aromatic heterocycles. The number of aryl methyl sites for hydroxylation is 1. The molecule has 2 N–H and O–H groups in total. The molecule has 0 unspecified atom stereocenters. The van der Waals surface area contributed by atoms with E-state index in [2.05, 4.69) is 40.9 Å². The molecule has 2 rings (SSSR count). The topological polar surface area (TPSA) is 62.3 Å². The smallest absolute Gasteiger partial charge is 0.144 e. The standard InChI is InChI=1S/C15H20BrN3O2/c1-8(2)9-6-10(11-7-18-19(3)15(11)17)14(21-5)12(16)13(9)20-4/h6-8H,17H2,1-5H3. The van der Waals surface area contributed by atoms with E-state index in [1.807, 2.05) is 7.05 Å². The third-order valence-electron chi connectivity index (χ3n) is 3.51. The van der Waals surface area contributed by atoms with Gasteiger partial charge in [-0.2, -0.15) is 5.10 Å². The summed E-state index contributed by atoms with van der Waals surface area (Å²) in [5, 5.41) is 4.20. The van der Waals surface area contributed by atoms with Gasteiger partial charge in [0.1, 0.15) is 21.8 Å². The fraction of sp³-hybridized carbons (Fsp3) is 0.400. The molecule has 0 saturated carbocycles. The summed E-state index contributed by atoms with van der Waals surface area (Å²) < 4.78 is 13.5. The molecule has 0 saturated heterocycles. The van der Waals surface area contributed by atoms with Crippen molar-refractivity contribution in [3.8, 4) is 22.6 Å². The Kier molecular flexibility index (Phi) is 4.46. The SMILES string of the molecule is COc1c(-c2cnn(C)c2N)cc(C(C)C)c(OC)c1Br. The molecule has 0 aliphatic carbocycles. The molecule has 0 amide bonds. The summed E-state index contributed by atoms with van der Waals surface area (Å²) in [7, 11) is 5.10. The lowest BCUT2D eigenvalue weighted by Gasteiger charge is -2.19. The number of halogens is 1. The van der Waals surface area contributed by atoms with Crippen molar-refractivity contribution in [3.63, 3.8) is 0 Å². The first-order valence-electron chi connectivity index (χ1n) is 6.64. The third-order valence-corrected chi connectivity index (χ3v) is 4.23. The minimum absolute atomic E-state index is 0.304. The lowest BCUT2D eigenvalue weighted by atomic mass is 9.96. The molecule has 0 atom stereocenters. The van der Waals surface area contributed by atoms with Gasteiger partial charge >= 0.3 is 0 Å². The van der Waals surface area contributed by atoms with Crippen LogP contribution in [0, 0.1) is 0 Å². The van der Waals surface area contributed by atoms with Gasteiger partial charge in [0.05, 0.1) is 20.4 Å². The average molecular weight is 354 g/mol. The zero-order valence-corrected chi connectivity index (χ0v) is 14.5. The van der Waals surface area contributed by atoms with Crippen LogP contribution in [-0.4, -0.2) is 24.0 Å². The summed E-state index contributed by atoms with van der Waals surface area (Å²) in [4.78, 5) is 0. The van der Waals surface area contributed by atoms with Crippen molar-refractivity contribution in [1.29, 1.82) is 0 Å². The highest BCUT2D eigenvalue weighted by molar-refractivity contribution is 9.10. The first-order chi connectivity index (χ1) is 9.92. The van der Waals surface area contributed by atoms with E-state index in [4.69, 9.17) is 15.2 Å². The van der Waals surface area contributed by atoms with Crippen molar-refractivity contribution in [2.24, 2.45) is 7.05 Å². The molecule has 0 radical (unpaired) electrons. The molecule has 0 aliphatic heterocycles. The first kappa shape index (κ1) is 15.7. The predicted molar refractivity (Wildman–Crippen MR) is 87.9 cm³/mol. The molecule has 6 heteroatoms. The summed E-state index contributed by atoms with van der Waals surface area (Å²) in [5.74, 6) is 2.38. The summed E-state index contributed by atoms with van der Waals surface area (Å²) >= 11 is 3.58. The van der Waals surface area contributed by atoms with Crippen LogP contribution < -0.4 is 15.2 Å². The second-order valence-electron chi connectivity index (χ2n) is 5.12. The average Bonchev–Trinajstić information content (AvgIpc) is 2.77. The van der Waals surface area contributed by atoms with Crippen LogP contribution in [0.1, 0.15) is 25.3 Å². The Morgan fingerprint density at radius 2 is 1.81 bits per heavy atom. The number of anilines is 1. The van der Waals surface area contributed by atoms with Crippen LogP contribution in [-0.2, 0) is 7.05 Å². The number of benzene rings is 1. The number of methoxy groups -OCH3 is 2. The second kappa shape index (κ2) is 5.97. The van der Waals surface area contributed by atoms with Gasteiger partial charge in [0.2, 0.25) is 0 Å². The predicted octanol–water partition coefficient (Wildman–Crippen LogP) is 3.57. The normalized spacial score (nSPS) is 11.0. The maximum atomic E-state index is 6.10. The van der Waals surface area contributed by atoms with Crippen molar-refractivity contribution in [2.75, 3.05) is 20.0 Å². The van der Waals surface area contributed by atoms with Gasteiger partial charge in [-0.1, -0.05) is 13.8 Å². The Morgan fingerprint density at radius 1 is 1.19 bits per heavy atom. The van der Waals surface area contributed by atoms with Crippen molar-refractivity contribution in [3.05, 3.63) is 22.3 Å². The number of nitrogens with zero attached hydrogens (tertiary/aromatic N) is 2. The van der Waals surface area contributed by atoms with Crippen LogP contribution in [0.3, 0.4) is 0 Å². The molecule has 1 aromatic carbocycles. The molecule has 1 heterocycles. The van der Waals surface area contributed by atoms with Gasteiger partial charge < -0.3 is 15.2 Å². The maximum Gasteiger partial charge on any atom is 0.144 e. The summed E-state index contributed by atoms with van der Waals surface area (Å²) in [5.41, 5.74) is 8.94. The molecule has 0 bridgehead atoms. The van der Waals surface area contributed by atoms with Crippen molar-refractivity contribution in [2.45, 2.75) is 19.8 Å². The number of ether oxygens (including phenoxy) is 2. The van der Waals surface area contributed by atoms with Gasteiger partial charge in [0.15, 0.2) is 0 Å². The van der Waals surface area contributed by atoms with Crippen LogP contribution >= 0.6 is 15.9 Å². The molecule has 0 aliphatic rings. The summed E-state index contributed by atoms with van der Waals surface area (Å²) in [6.07, 6.45) is 1.75. The molecule has 5 nitrogen and oxygen atoms in total. The highest BCUT2D eigenvalue weighted by Crippen LogP contribution is 2.47. The van der Waals surface area contributed by atoms with Gasteiger partial charge in [-0.15, -0.1) is 0 Å². The largest absolute Gasteiger partial charge is 0.495 e. The zero-order valence-electron chi connectivity index (χ0n) is 12.9. The lowest BCUT2D eigenvalue weighted by molar-refractivity contribution is 0.386. The van der Waals surface area contributed by atoms with Gasteiger partial charge in [0.25, 0.3) is 0 Å². The number of hydrogen-bond donors (Lipinski definition) is 1. The van der Waals surface area contributed by atoms with Crippen molar-refractivity contribution >= 4 is 21.7 Å². The van der Waals surface area contributed by atoms with E-state index in [0.29, 0.717) is 17.5 Å². The van der Waals surface area contributed by atoms with Crippen LogP contribution in [0.2, 0.25) is 0 Å². The minimum Gasteiger partial charge on any atom is -0.495 e. The van der Waals surface area contributed by atoms with E-state index >= 15 is 0 Å². The third kappa shape index (κ3) is 2.60. The summed E-state index contributed by atoms with van der Waals surface area (Å²) in [6, 6.07) is 2.06. The zero-order chi connectivity index (χ0) is 15.7. The maximum absolute atomic E-state index is 6.10. The number of hydrogen-bond acceptors (Lipinski definition) is 4.